The number of carbonyl (C=O) groups excluding carboxylic acids is 2. The Labute approximate surface area is 191 Å². The summed E-state index contributed by atoms with van der Waals surface area (Å²) in [6, 6.07) is 13.4. The monoisotopic (exact) mass is 452 g/mol. The highest BCUT2D eigenvalue weighted by Crippen LogP contribution is 2.33. The molecule has 162 valence electrons. The van der Waals surface area contributed by atoms with Gasteiger partial charge in [0.15, 0.2) is 0 Å². The lowest BCUT2D eigenvalue weighted by Crippen LogP contribution is -2.46. The largest absolute Gasteiger partial charge is 0.351 e. The van der Waals surface area contributed by atoms with E-state index in [1.165, 1.54) is 11.3 Å². The first-order valence-corrected chi connectivity index (χ1v) is 12.5. The highest BCUT2D eigenvalue weighted by Gasteiger charge is 2.35. The fraction of sp³-hybridized carbons (Fsp3) is 0.360. The Morgan fingerprint density at radius 1 is 1.03 bits per heavy atom. The number of nitrogens with zero attached hydrogens (tertiary/aromatic N) is 1. The van der Waals surface area contributed by atoms with Crippen molar-refractivity contribution in [3.63, 3.8) is 0 Å². The van der Waals surface area contributed by atoms with Crippen LogP contribution in [0.1, 0.15) is 52.6 Å². The molecular formula is C25H28N2O2S2. The lowest BCUT2D eigenvalue weighted by Gasteiger charge is -2.32. The molecule has 1 aliphatic rings. The molecule has 0 bridgehead atoms. The van der Waals surface area contributed by atoms with E-state index in [0.29, 0.717) is 0 Å². The van der Waals surface area contributed by atoms with E-state index < -0.39 is 6.04 Å². The molecule has 6 heteroatoms. The van der Waals surface area contributed by atoms with Gasteiger partial charge in [-0.15, -0.1) is 22.7 Å². The fourth-order valence-corrected chi connectivity index (χ4v) is 5.64. The molecule has 0 radical (unpaired) electrons. The van der Waals surface area contributed by atoms with Gasteiger partial charge in [0.25, 0.3) is 0 Å². The van der Waals surface area contributed by atoms with Crippen molar-refractivity contribution in [2.45, 2.75) is 58.0 Å². The van der Waals surface area contributed by atoms with E-state index in [0.717, 1.165) is 52.3 Å². The van der Waals surface area contributed by atoms with Crippen molar-refractivity contribution in [3.05, 3.63) is 74.1 Å². The van der Waals surface area contributed by atoms with Crippen LogP contribution in [-0.4, -0.2) is 17.9 Å². The zero-order valence-corrected chi connectivity index (χ0v) is 19.6. The summed E-state index contributed by atoms with van der Waals surface area (Å²) < 4.78 is 0. The first-order valence-electron chi connectivity index (χ1n) is 10.8. The smallest absolute Gasteiger partial charge is 0.248 e. The summed E-state index contributed by atoms with van der Waals surface area (Å²) in [6.07, 6.45) is 4.59. The Kier molecular flexibility index (Phi) is 6.88. The summed E-state index contributed by atoms with van der Waals surface area (Å²) >= 11 is 3.09. The molecule has 1 aromatic carbocycles. The van der Waals surface area contributed by atoms with Crippen LogP contribution in [0.2, 0.25) is 0 Å². The Morgan fingerprint density at radius 3 is 2.42 bits per heavy atom. The summed E-state index contributed by atoms with van der Waals surface area (Å²) in [5.41, 5.74) is 3.04. The number of carbonyl (C=O) groups is 2. The topological polar surface area (TPSA) is 49.4 Å². The highest BCUT2D eigenvalue weighted by molar-refractivity contribution is 7.10. The van der Waals surface area contributed by atoms with Gasteiger partial charge in [0.05, 0.1) is 6.42 Å². The summed E-state index contributed by atoms with van der Waals surface area (Å²) in [6.45, 7) is 4.10. The predicted molar refractivity (Wildman–Crippen MR) is 129 cm³/mol. The molecular weight excluding hydrogens is 424 g/mol. The number of hydrogen-bond donors (Lipinski definition) is 1. The van der Waals surface area contributed by atoms with Gasteiger partial charge in [0, 0.05) is 21.5 Å². The maximum absolute atomic E-state index is 13.6. The molecule has 31 heavy (non-hydrogen) atoms. The molecule has 2 aromatic heterocycles. The van der Waals surface area contributed by atoms with Crippen LogP contribution in [0.15, 0.2) is 53.2 Å². The Bertz CT molecular complexity index is 1020. The summed E-state index contributed by atoms with van der Waals surface area (Å²) in [4.78, 5) is 30.8. The van der Waals surface area contributed by atoms with E-state index in [2.05, 4.69) is 12.2 Å². The zero-order valence-electron chi connectivity index (χ0n) is 18.0. The molecule has 1 aliphatic carbocycles. The van der Waals surface area contributed by atoms with E-state index in [1.54, 1.807) is 16.2 Å². The lowest BCUT2D eigenvalue weighted by atomic mass is 10.1. The van der Waals surface area contributed by atoms with Crippen molar-refractivity contribution < 1.29 is 9.59 Å². The van der Waals surface area contributed by atoms with Gasteiger partial charge in [0.2, 0.25) is 11.8 Å². The first-order chi connectivity index (χ1) is 15.0. The molecule has 2 amide bonds. The van der Waals surface area contributed by atoms with Gasteiger partial charge in [-0.2, -0.15) is 0 Å². The van der Waals surface area contributed by atoms with E-state index in [9.17, 15) is 9.59 Å². The minimum atomic E-state index is -0.671. The van der Waals surface area contributed by atoms with Gasteiger partial charge >= 0.3 is 0 Å². The third kappa shape index (κ3) is 5.08. The van der Waals surface area contributed by atoms with E-state index >= 15 is 0 Å². The fourth-order valence-electron chi connectivity index (χ4n) is 4.13. The number of amides is 2. The van der Waals surface area contributed by atoms with Crippen LogP contribution >= 0.6 is 22.7 Å². The number of benzene rings is 1. The number of aryl methyl sites for hydroxylation is 2. The quantitative estimate of drug-likeness (QED) is 0.492. The minimum absolute atomic E-state index is 0.0642. The van der Waals surface area contributed by atoms with Crippen LogP contribution < -0.4 is 10.2 Å². The molecule has 3 aromatic rings. The van der Waals surface area contributed by atoms with Crippen molar-refractivity contribution in [2.75, 3.05) is 4.90 Å². The maximum Gasteiger partial charge on any atom is 0.248 e. The van der Waals surface area contributed by atoms with Gasteiger partial charge in [-0.3, -0.25) is 14.5 Å². The van der Waals surface area contributed by atoms with Crippen LogP contribution in [0.3, 0.4) is 0 Å². The molecule has 0 saturated heterocycles. The van der Waals surface area contributed by atoms with Crippen LogP contribution in [-0.2, 0) is 16.0 Å². The van der Waals surface area contributed by atoms with Crippen LogP contribution in [0.5, 0.6) is 0 Å². The van der Waals surface area contributed by atoms with Crippen molar-refractivity contribution in [2.24, 2.45) is 0 Å². The second-order valence-electron chi connectivity index (χ2n) is 8.20. The van der Waals surface area contributed by atoms with Gasteiger partial charge in [-0.25, -0.2) is 0 Å². The van der Waals surface area contributed by atoms with E-state index in [-0.39, 0.29) is 24.3 Å². The van der Waals surface area contributed by atoms with Gasteiger partial charge in [0.1, 0.15) is 6.04 Å². The van der Waals surface area contributed by atoms with Crippen molar-refractivity contribution in [1.29, 1.82) is 0 Å². The Hall–Kier alpha value is -2.44. The second kappa shape index (κ2) is 9.79. The van der Waals surface area contributed by atoms with Crippen molar-refractivity contribution in [1.82, 2.24) is 5.32 Å². The average Bonchev–Trinajstić information content (AvgIpc) is 3.52. The number of nitrogens with one attached hydrogen (secondary N) is 1. The molecule has 0 unspecified atom stereocenters. The van der Waals surface area contributed by atoms with Gasteiger partial charge < -0.3 is 5.32 Å². The predicted octanol–water partition coefficient (Wildman–Crippen LogP) is 5.80. The third-order valence-electron chi connectivity index (χ3n) is 5.96. The number of rotatable bonds is 7. The third-order valence-corrected chi connectivity index (χ3v) is 7.76. The summed E-state index contributed by atoms with van der Waals surface area (Å²) in [5, 5.41) is 7.18. The standard InChI is InChI=1S/C25H28N2O2S2/c1-17-11-12-20(15-18(17)2)27(23(28)16-21-9-5-13-30-21)24(22-10-6-14-31-22)25(29)26-19-7-3-4-8-19/h5-6,9-15,19,24H,3-4,7-8,16H2,1-2H3,(H,26,29)/t24-/m0/s1. The van der Waals surface area contributed by atoms with Crippen LogP contribution in [0, 0.1) is 13.8 Å². The number of hydrogen-bond acceptors (Lipinski definition) is 4. The normalized spacial score (nSPS) is 15.0. The Balaban J connectivity index is 1.73. The molecule has 4 rings (SSSR count). The first kappa shape index (κ1) is 21.8. The molecule has 1 N–H and O–H groups in total. The average molecular weight is 453 g/mol. The number of anilines is 1. The zero-order chi connectivity index (χ0) is 21.8. The van der Waals surface area contributed by atoms with E-state index in [1.807, 2.05) is 60.1 Å². The van der Waals surface area contributed by atoms with Gasteiger partial charge in [-0.05, 0) is 72.8 Å². The molecule has 4 nitrogen and oxygen atoms in total. The summed E-state index contributed by atoms with van der Waals surface area (Å²) in [5.74, 6) is -0.155. The minimum Gasteiger partial charge on any atom is -0.351 e. The van der Waals surface area contributed by atoms with Crippen molar-refractivity contribution >= 4 is 40.2 Å². The molecule has 1 fully saturated rings. The van der Waals surface area contributed by atoms with Crippen LogP contribution in [0.25, 0.3) is 0 Å². The molecule has 2 heterocycles. The molecule has 0 aliphatic heterocycles. The van der Waals surface area contributed by atoms with Crippen LogP contribution in [0.4, 0.5) is 5.69 Å². The molecule has 1 saturated carbocycles. The SMILES string of the molecule is Cc1ccc(N(C(=O)Cc2cccs2)[C@H](C(=O)NC2CCCC2)c2cccs2)cc1C. The second-order valence-corrected chi connectivity index (χ2v) is 10.2. The highest BCUT2D eigenvalue weighted by atomic mass is 32.1. The van der Waals surface area contributed by atoms with Crippen molar-refractivity contribution in [3.8, 4) is 0 Å². The van der Waals surface area contributed by atoms with Gasteiger partial charge in [-0.1, -0.05) is 31.0 Å². The van der Waals surface area contributed by atoms with E-state index in [4.69, 9.17) is 0 Å². The number of thiophene rings is 2. The summed E-state index contributed by atoms with van der Waals surface area (Å²) in [7, 11) is 0. The molecule has 0 spiro atoms. The Morgan fingerprint density at radius 2 is 1.77 bits per heavy atom. The molecule has 1 atom stereocenters. The lowest BCUT2D eigenvalue weighted by molar-refractivity contribution is -0.126. The maximum atomic E-state index is 13.6.